The summed E-state index contributed by atoms with van der Waals surface area (Å²) < 4.78 is 1.83. The van der Waals surface area contributed by atoms with Crippen molar-refractivity contribution in [3.63, 3.8) is 0 Å². The van der Waals surface area contributed by atoms with Gasteiger partial charge < -0.3 is 11.1 Å². The van der Waals surface area contributed by atoms with E-state index < -0.39 is 0 Å². The van der Waals surface area contributed by atoms with Crippen LogP contribution in [0.15, 0.2) is 42.5 Å². The second kappa shape index (κ2) is 7.20. The third kappa shape index (κ3) is 3.31. The number of nitrogens with zero attached hydrogens (tertiary/aromatic N) is 3. The van der Waals surface area contributed by atoms with Crippen molar-refractivity contribution in [3.05, 3.63) is 59.2 Å². The number of nitrogens with two attached hydrogens (primary N) is 1. The largest absolute Gasteiger partial charge is 0.384 e. The Morgan fingerprint density at radius 1 is 1.10 bits per heavy atom. The first-order chi connectivity index (χ1) is 13.9. The van der Waals surface area contributed by atoms with Crippen molar-refractivity contribution in [2.24, 2.45) is 0 Å². The molecule has 1 atom stereocenters. The van der Waals surface area contributed by atoms with Gasteiger partial charge in [0.15, 0.2) is 5.65 Å². The Kier molecular flexibility index (Phi) is 4.70. The molecule has 0 radical (unpaired) electrons. The van der Waals surface area contributed by atoms with Gasteiger partial charge in [-0.2, -0.15) is 0 Å². The molecule has 3 N–H and O–H groups in total. The van der Waals surface area contributed by atoms with Crippen molar-refractivity contribution in [2.45, 2.75) is 40.2 Å². The summed E-state index contributed by atoms with van der Waals surface area (Å²) in [5, 5.41) is 3.01. The standard InChI is InChI=1S/C23H25N5O/c1-5-15(4)25-23(29)19-20-22(27-18-9-7-6-8-17(18)26-20)28(21(19)24)16-11-13(2)10-14(3)12-16/h6-12,15H,5,24H2,1-4H3,(H,25,29). The number of amides is 1. The first-order valence-corrected chi connectivity index (χ1v) is 9.85. The maximum absolute atomic E-state index is 13.1. The Morgan fingerprint density at radius 3 is 2.34 bits per heavy atom. The second-order valence-electron chi connectivity index (χ2n) is 7.61. The summed E-state index contributed by atoms with van der Waals surface area (Å²) in [4.78, 5) is 22.7. The molecule has 0 bridgehead atoms. The van der Waals surface area contributed by atoms with E-state index in [0.717, 1.165) is 34.3 Å². The molecule has 148 valence electrons. The topological polar surface area (TPSA) is 85.8 Å². The number of rotatable bonds is 4. The van der Waals surface area contributed by atoms with Crippen LogP contribution in [0.1, 0.15) is 41.8 Å². The predicted molar refractivity (Wildman–Crippen MR) is 117 cm³/mol. The van der Waals surface area contributed by atoms with Gasteiger partial charge in [-0.1, -0.05) is 25.1 Å². The highest BCUT2D eigenvalue weighted by Gasteiger charge is 2.25. The summed E-state index contributed by atoms with van der Waals surface area (Å²) in [6.45, 7) is 8.07. The zero-order chi connectivity index (χ0) is 20.7. The molecule has 6 nitrogen and oxygen atoms in total. The third-order valence-corrected chi connectivity index (χ3v) is 5.18. The average Bonchev–Trinajstić information content (AvgIpc) is 2.96. The van der Waals surface area contributed by atoms with E-state index in [1.165, 1.54) is 0 Å². The number of anilines is 1. The number of hydrogen-bond donors (Lipinski definition) is 2. The molecule has 1 unspecified atom stereocenters. The number of nitrogens with one attached hydrogen (secondary N) is 1. The summed E-state index contributed by atoms with van der Waals surface area (Å²) in [6, 6.07) is 13.8. The van der Waals surface area contributed by atoms with E-state index in [0.29, 0.717) is 22.5 Å². The number of para-hydroxylation sites is 2. The quantitative estimate of drug-likeness (QED) is 0.547. The minimum atomic E-state index is -0.227. The first-order valence-electron chi connectivity index (χ1n) is 9.85. The lowest BCUT2D eigenvalue weighted by Gasteiger charge is -2.12. The van der Waals surface area contributed by atoms with Crippen LogP contribution in [-0.2, 0) is 0 Å². The maximum atomic E-state index is 13.1. The van der Waals surface area contributed by atoms with Crippen molar-refractivity contribution in [3.8, 4) is 5.69 Å². The number of aryl methyl sites for hydroxylation is 2. The van der Waals surface area contributed by atoms with Gasteiger partial charge in [-0.05, 0) is 62.6 Å². The van der Waals surface area contributed by atoms with Gasteiger partial charge in [0.2, 0.25) is 0 Å². The molecule has 0 saturated heterocycles. The van der Waals surface area contributed by atoms with Crippen molar-refractivity contribution in [1.82, 2.24) is 19.9 Å². The van der Waals surface area contributed by atoms with Crippen LogP contribution in [0.25, 0.3) is 27.9 Å². The Morgan fingerprint density at radius 2 is 1.72 bits per heavy atom. The molecule has 2 aromatic carbocycles. The van der Waals surface area contributed by atoms with Gasteiger partial charge in [0.25, 0.3) is 5.91 Å². The van der Waals surface area contributed by atoms with Crippen LogP contribution < -0.4 is 11.1 Å². The number of hydrogen-bond acceptors (Lipinski definition) is 4. The predicted octanol–water partition coefficient (Wildman–Crippen LogP) is 4.30. The highest BCUT2D eigenvalue weighted by Crippen LogP contribution is 2.31. The highest BCUT2D eigenvalue weighted by atomic mass is 16.1. The number of aromatic nitrogens is 3. The molecule has 0 spiro atoms. The van der Waals surface area contributed by atoms with E-state index in [1.54, 1.807) is 0 Å². The van der Waals surface area contributed by atoms with Crippen LogP contribution >= 0.6 is 0 Å². The van der Waals surface area contributed by atoms with E-state index in [1.807, 2.05) is 68.7 Å². The molecule has 4 rings (SSSR count). The highest BCUT2D eigenvalue weighted by molar-refractivity contribution is 6.11. The number of benzene rings is 2. The number of carbonyl (C=O) groups is 1. The fourth-order valence-electron chi connectivity index (χ4n) is 3.62. The van der Waals surface area contributed by atoms with Gasteiger partial charge in [0, 0.05) is 11.7 Å². The fraction of sp³-hybridized carbons (Fsp3) is 0.261. The number of nitrogen functional groups attached to an aromatic ring is 1. The van der Waals surface area contributed by atoms with E-state index in [9.17, 15) is 4.79 Å². The van der Waals surface area contributed by atoms with Crippen LogP contribution in [0.4, 0.5) is 5.82 Å². The van der Waals surface area contributed by atoms with Crippen LogP contribution in [0, 0.1) is 13.8 Å². The molecule has 2 heterocycles. The zero-order valence-corrected chi connectivity index (χ0v) is 17.2. The van der Waals surface area contributed by atoms with Crippen LogP contribution in [-0.4, -0.2) is 26.5 Å². The smallest absolute Gasteiger partial charge is 0.257 e. The molecule has 2 aromatic heterocycles. The molecular formula is C23H25N5O. The third-order valence-electron chi connectivity index (χ3n) is 5.18. The van der Waals surface area contributed by atoms with Crippen LogP contribution in [0.3, 0.4) is 0 Å². The lowest BCUT2D eigenvalue weighted by atomic mass is 10.1. The summed E-state index contributed by atoms with van der Waals surface area (Å²) in [5.41, 5.74) is 12.6. The molecular weight excluding hydrogens is 362 g/mol. The van der Waals surface area contributed by atoms with E-state index in [-0.39, 0.29) is 11.9 Å². The van der Waals surface area contributed by atoms with Gasteiger partial charge in [0.05, 0.1) is 11.0 Å². The van der Waals surface area contributed by atoms with Crippen molar-refractivity contribution >= 4 is 33.9 Å². The molecule has 0 saturated carbocycles. The van der Waals surface area contributed by atoms with Crippen LogP contribution in [0.2, 0.25) is 0 Å². The maximum Gasteiger partial charge on any atom is 0.257 e. The van der Waals surface area contributed by atoms with Gasteiger partial charge in [-0.3, -0.25) is 9.36 Å². The first kappa shape index (κ1) is 18.9. The monoisotopic (exact) mass is 387 g/mol. The normalized spacial score (nSPS) is 12.4. The summed E-state index contributed by atoms with van der Waals surface area (Å²) in [7, 11) is 0. The van der Waals surface area contributed by atoms with E-state index in [2.05, 4.69) is 11.4 Å². The minimum absolute atomic E-state index is 0.0370. The summed E-state index contributed by atoms with van der Waals surface area (Å²) in [6.07, 6.45) is 0.829. The lowest BCUT2D eigenvalue weighted by Crippen LogP contribution is -2.32. The minimum Gasteiger partial charge on any atom is -0.384 e. The molecule has 4 aromatic rings. The molecule has 0 aliphatic rings. The Balaban J connectivity index is 2.05. The van der Waals surface area contributed by atoms with Gasteiger partial charge in [-0.25, -0.2) is 9.97 Å². The Labute approximate surface area is 169 Å². The zero-order valence-electron chi connectivity index (χ0n) is 17.2. The van der Waals surface area contributed by atoms with E-state index in [4.69, 9.17) is 15.7 Å². The van der Waals surface area contributed by atoms with Crippen molar-refractivity contribution in [2.75, 3.05) is 5.73 Å². The molecule has 0 aliphatic carbocycles. The van der Waals surface area contributed by atoms with Crippen LogP contribution in [0.5, 0.6) is 0 Å². The summed E-state index contributed by atoms with van der Waals surface area (Å²) in [5.74, 6) is 0.121. The molecule has 1 amide bonds. The molecule has 29 heavy (non-hydrogen) atoms. The number of carbonyl (C=O) groups excluding carboxylic acids is 1. The van der Waals surface area contributed by atoms with Gasteiger partial charge >= 0.3 is 0 Å². The summed E-state index contributed by atoms with van der Waals surface area (Å²) >= 11 is 0. The van der Waals surface area contributed by atoms with Gasteiger partial charge in [-0.15, -0.1) is 0 Å². The molecule has 0 fully saturated rings. The SMILES string of the molecule is CCC(C)NC(=O)c1c(N)n(-c2cc(C)cc(C)c2)c2nc3ccccc3nc12. The molecule has 6 heteroatoms. The van der Waals surface area contributed by atoms with E-state index >= 15 is 0 Å². The number of fused-ring (bicyclic) bond motifs is 2. The van der Waals surface area contributed by atoms with Gasteiger partial charge in [0.1, 0.15) is 16.9 Å². The molecule has 0 aliphatic heterocycles. The van der Waals surface area contributed by atoms with Crippen molar-refractivity contribution in [1.29, 1.82) is 0 Å². The second-order valence-corrected chi connectivity index (χ2v) is 7.61. The average molecular weight is 387 g/mol. The van der Waals surface area contributed by atoms with Crippen molar-refractivity contribution < 1.29 is 4.79 Å². The fourth-order valence-corrected chi connectivity index (χ4v) is 3.62. The Hall–Kier alpha value is -3.41. The Bertz CT molecular complexity index is 1220. The lowest BCUT2D eigenvalue weighted by molar-refractivity contribution is 0.0941.